The lowest BCUT2D eigenvalue weighted by atomic mass is 10.00. The van der Waals surface area contributed by atoms with Gasteiger partial charge in [-0.05, 0) is 47.4 Å². The number of carbonyl (C=O) groups excluding carboxylic acids is 2. The smallest absolute Gasteiger partial charge is 0.270 e. The van der Waals surface area contributed by atoms with Gasteiger partial charge < -0.3 is 4.74 Å². The first kappa shape index (κ1) is 20.3. The summed E-state index contributed by atoms with van der Waals surface area (Å²) in [6.45, 7) is 0. The number of fused-ring (bicyclic) bond motifs is 1. The van der Waals surface area contributed by atoms with Gasteiger partial charge in [0.15, 0.2) is 5.11 Å². The molecule has 1 aliphatic heterocycles. The van der Waals surface area contributed by atoms with E-state index >= 15 is 0 Å². The van der Waals surface area contributed by atoms with E-state index in [-0.39, 0.29) is 20.7 Å². The second-order valence-corrected chi connectivity index (χ2v) is 7.61. The number of benzene rings is 3. The van der Waals surface area contributed by atoms with Crippen molar-refractivity contribution in [2.75, 3.05) is 12.0 Å². The van der Waals surface area contributed by atoms with Crippen molar-refractivity contribution in [3.63, 3.8) is 0 Å². The number of hydrogen-bond donors (Lipinski definition) is 1. The summed E-state index contributed by atoms with van der Waals surface area (Å²) in [6, 6.07) is 16.0. The zero-order valence-corrected chi connectivity index (χ0v) is 17.9. The average Bonchev–Trinajstić information content (AvgIpc) is 2.74. The molecular formula is C22H14Cl2N2O3S. The second kappa shape index (κ2) is 8.07. The molecule has 0 atom stereocenters. The topological polar surface area (TPSA) is 58.6 Å². The fraction of sp³-hybridized carbons (Fsp3) is 0.0455. The van der Waals surface area contributed by atoms with Crippen LogP contribution in [0.1, 0.15) is 5.56 Å². The molecule has 3 aromatic rings. The fourth-order valence-corrected chi connectivity index (χ4v) is 3.95. The summed E-state index contributed by atoms with van der Waals surface area (Å²) in [4.78, 5) is 27.0. The maximum absolute atomic E-state index is 13.3. The Bertz CT molecular complexity index is 1260. The zero-order valence-electron chi connectivity index (χ0n) is 15.6. The highest BCUT2D eigenvalue weighted by Gasteiger charge is 2.35. The molecule has 4 rings (SSSR count). The van der Waals surface area contributed by atoms with E-state index in [9.17, 15) is 9.59 Å². The van der Waals surface area contributed by atoms with E-state index in [4.69, 9.17) is 40.2 Å². The summed E-state index contributed by atoms with van der Waals surface area (Å²) in [5.74, 6) is -0.479. The number of anilines is 1. The number of methoxy groups -OCH3 is 1. The predicted octanol–water partition coefficient (Wildman–Crippen LogP) is 4.99. The van der Waals surface area contributed by atoms with Gasteiger partial charge in [-0.15, -0.1) is 0 Å². The summed E-state index contributed by atoms with van der Waals surface area (Å²) in [6.07, 6.45) is 1.53. The summed E-state index contributed by atoms with van der Waals surface area (Å²) in [5, 5.41) is 4.63. The van der Waals surface area contributed by atoms with E-state index in [1.54, 1.807) is 37.4 Å². The number of hydrogen-bond acceptors (Lipinski definition) is 4. The molecule has 0 spiro atoms. The molecule has 150 valence electrons. The minimum absolute atomic E-state index is 0.0640. The largest absolute Gasteiger partial charge is 0.496 e. The maximum Gasteiger partial charge on any atom is 0.270 e. The van der Waals surface area contributed by atoms with Gasteiger partial charge in [0.25, 0.3) is 11.8 Å². The van der Waals surface area contributed by atoms with Crippen molar-refractivity contribution in [1.82, 2.24) is 5.32 Å². The van der Waals surface area contributed by atoms with Crippen molar-refractivity contribution in [2.45, 2.75) is 0 Å². The molecule has 1 saturated heterocycles. The highest BCUT2D eigenvalue weighted by Crippen LogP contribution is 2.35. The van der Waals surface area contributed by atoms with E-state index in [0.717, 1.165) is 10.8 Å². The van der Waals surface area contributed by atoms with Crippen LogP contribution in [0.2, 0.25) is 10.0 Å². The third-order valence-corrected chi connectivity index (χ3v) is 5.80. The van der Waals surface area contributed by atoms with E-state index in [2.05, 4.69) is 5.32 Å². The first-order chi connectivity index (χ1) is 14.4. The molecule has 0 saturated carbocycles. The summed E-state index contributed by atoms with van der Waals surface area (Å²) in [5.41, 5.74) is 0.912. The highest BCUT2D eigenvalue weighted by molar-refractivity contribution is 7.80. The van der Waals surface area contributed by atoms with E-state index in [1.807, 2.05) is 24.3 Å². The first-order valence-corrected chi connectivity index (χ1v) is 10.00. The molecule has 0 aliphatic carbocycles. The lowest BCUT2D eigenvalue weighted by molar-refractivity contribution is -0.122. The third kappa shape index (κ3) is 3.43. The third-order valence-electron chi connectivity index (χ3n) is 4.71. The van der Waals surface area contributed by atoms with Gasteiger partial charge in [-0.25, -0.2) is 0 Å². The second-order valence-electron chi connectivity index (χ2n) is 6.43. The Hall–Kier alpha value is -2.93. The summed E-state index contributed by atoms with van der Waals surface area (Å²) in [7, 11) is 1.59. The molecule has 0 unspecified atom stereocenters. The monoisotopic (exact) mass is 456 g/mol. The van der Waals surface area contributed by atoms with Gasteiger partial charge in [0, 0.05) is 5.39 Å². The molecule has 30 heavy (non-hydrogen) atoms. The van der Waals surface area contributed by atoms with Gasteiger partial charge >= 0.3 is 0 Å². The molecule has 8 heteroatoms. The van der Waals surface area contributed by atoms with Crippen molar-refractivity contribution in [2.24, 2.45) is 0 Å². The Kier molecular flexibility index (Phi) is 5.47. The van der Waals surface area contributed by atoms with Crippen molar-refractivity contribution in [3.8, 4) is 5.75 Å². The van der Waals surface area contributed by atoms with E-state index in [0.29, 0.717) is 17.0 Å². The Balaban J connectivity index is 1.85. The minimum atomic E-state index is -0.590. The van der Waals surface area contributed by atoms with Crippen molar-refractivity contribution in [1.29, 1.82) is 0 Å². The molecule has 0 radical (unpaired) electrons. The fourth-order valence-electron chi connectivity index (χ4n) is 3.30. The van der Waals surface area contributed by atoms with Crippen molar-refractivity contribution in [3.05, 3.63) is 75.8 Å². The highest BCUT2D eigenvalue weighted by atomic mass is 35.5. The lowest BCUT2D eigenvalue weighted by Gasteiger charge is -2.29. The van der Waals surface area contributed by atoms with Crippen LogP contribution in [-0.2, 0) is 9.59 Å². The molecule has 5 nitrogen and oxygen atoms in total. The van der Waals surface area contributed by atoms with Crippen LogP contribution in [0.3, 0.4) is 0 Å². The number of amides is 2. The number of carbonyl (C=O) groups is 2. The zero-order chi connectivity index (χ0) is 21.4. The first-order valence-electron chi connectivity index (χ1n) is 8.83. The van der Waals surface area contributed by atoms with Crippen LogP contribution in [0.5, 0.6) is 5.75 Å². The Morgan fingerprint density at radius 3 is 2.47 bits per heavy atom. The van der Waals surface area contributed by atoms with Crippen molar-refractivity contribution >= 4 is 74.9 Å². The normalized spacial score (nSPS) is 15.6. The molecule has 1 aliphatic rings. The quantitative estimate of drug-likeness (QED) is 0.342. The number of nitrogens with one attached hydrogen (secondary N) is 1. The molecule has 0 aromatic heterocycles. The number of rotatable bonds is 3. The molecular weight excluding hydrogens is 443 g/mol. The van der Waals surface area contributed by atoms with Gasteiger partial charge in [-0.1, -0.05) is 59.6 Å². The van der Waals surface area contributed by atoms with Gasteiger partial charge in [-0.2, -0.15) is 0 Å². The maximum atomic E-state index is 13.3. The Labute approximate surface area is 187 Å². The number of thiocarbonyl (C=S) groups is 1. The van der Waals surface area contributed by atoms with Crippen LogP contribution in [0, 0.1) is 0 Å². The molecule has 1 heterocycles. The van der Waals surface area contributed by atoms with Crippen LogP contribution in [0.4, 0.5) is 5.69 Å². The molecule has 2 amide bonds. The van der Waals surface area contributed by atoms with Crippen LogP contribution in [0.25, 0.3) is 16.8 Å². The number of nitrogens with zero attached hydrogens (tertiary/aromatic N) is 1. The molecule has 0 bridgehead atoms. The van der Waals surface area contributed by atoms with Crippen LogP contribution >= 0.6 is 35.4 Å². The Morgan fingerprint density at radius 2 is 1.73 bits per heavy atom. The lowest BCUT2D eigenvalue weighted by Crippen LogP contribution is -2.54. The van der Waals surface area contributed by atoms with Gasteiger partial charge in [0.2, 0.25) is 0 Å². The van der Waals surface area contributed by atoms with Crippen LogP contribution in [-0.4, -0.2) is 24.0 Å². The minimum Gasteiger partial charge on any atom is -0.496 e. The van der Waals surface area contributed by atoms with Gasteiger partial charge in [0.05, 0.1) is 22.8 Å². The van der Waals surface area contributed by atoms with Gasteiger partial charge in [0.1, 0.15) is 11.3 Å². The van der Waals surface area contributed by atoms with Crippen molar-refractivity contribution < 1.29 is 14.3 Å². The molecule has 1 N–H and O–H groups in total. The van der Waals surface area contributed by atoms with Crippen LogP contribution in [0.15, 0.2) is 60.2 Å². The predicted molar refractivity (Wildman–Crippen MR) is 123 cm³/mol. The average molecular weight is 457 g/mol. The number of halogens is 2. The summed E-state index contributed by atoms with van der Waals surface area (Å²) < 4.78 is 5.41. The van der Waals surface area contributed by atoms with Gasteiger partial charge in [-0.3, -0.25) is 19.8 Å². The number of ether oxygens (including phenoxy) is 1. The molecule has 1 fully saturated rings. The van der Waals surface area contributed by atoms with E-state index in [1.165, 1.54) is 11.0 Å². The SMILES string of the molecule is COc1ccc(C=C2C(=O)NC(=S)N(c3cccc(Cl)c3Cl)C2=O)c2ccccc12. The Morgan fingerprint density at radius 1 is 1.00 bits per heavy atom. The summed E-state index contributed by atoms with van der Waals surface area (Å²) >= 11 is 17.6. The molecule has 3 aromatic carbocycles. The van der Waals surface area contributed by atoms with E-state index < -0.39 is 11.8 Å². The van der Waals surface area contributed by atoms with Crippen LogP contribution < -0.4 is 15.0 Å². The standard InChI is InChI=1S/C22H14Cl2N2O3S/c1-29-18-10-9-12(13-5-2-3-6-14(13)18)11-15-20(27)25-22(30)26(21(15)28)17-8-4-7-16(23)19(17)24/h2-11H,1H3,(H,25,27,30).